The first kappa shape index (κ1) is 24.3. The first-order valence-corrected chi connectivity index (χ1v) is 11.1. The molecule has 0 aliphatic carbocycles. The van der Waals surface area contributed by atoms with Gasteiger partial charge < -0.3 is 25.6 Å². The van der Waals surface area contributed by atoms with Crippen molar-refractivity contribution >= 4 is 23.4 Å². The molecule has 2 aromatic carbocycles. The Balaban J connectivity index is 1.76. The molecule has 3 N–H and O–H groups in total. The number of amides is 1. The highest BCUT2D eigenvalue weighted by molar-refractivity contribution is 6.10. The van der Waals surface area contributed by atoms with E-state index in [9.17, 15) is 4.79 Å². The van der Waals surface area contributed by atoms with Crippen LogP contribution in [-0.2, 0) is 0 Å². The van der Waals surface area contributed by atoms with Crippen molar-refractivity contribution in [3.05, 3.63) is 64.9 Å². The monoisotopic (exact) mass is 449 g/mol. The van der Waals surface area contributed by atoms with Crippen molar-refractivity contribution in [3.8, 4) is 5.75 Å². The van der Waals surface area contributed by atoms with Gasteiger partial charge in [0.25, 0.3) is 5.91 Å². The second kappa shape index (κ2) is 10.5. The molecule has 1 heterocycles. The van der Waals surface area contributed by atoms with Crippen molar-refractivity contribution in [2.75, 3.05) is 46.2 Å². The van der Waals surface area contributed by atoms with Crippen molar-refractivity contribution in [2.45, 2.75) is 25.9 Å². The van der Waals surface area contributed by atoms with Gasteiger partial charge >= 0.3 is 0 Å². The zero-order chi connectivity index (χ0) is 24.1. The minimum absolute atomic E-state index is 0.0877. The molecule has 3 rings (SSSR count). The number of hydrogen-bond acceptors (Lipinski definition) is 6. The van der Waals surface area contributed by atoms with Crippen LogP contribution in [0.1, 0.15) is 40.0 Å². The molecule has 33 heavy (non-hydrogen) atoms. The molecule has 0 aromatic heterocycles. The molecular formula is C26H35N5O2. The number of anilines is 1. The fraction of sp³-hybridized carbons (Fsp3) is 0.385. The molecule has 1 saturated heterocycles. The number of nitrogens with one attached hydrogen (secondary N) is 1. The molecule has 176 valence electrons. The van der Waals surface area contributed by atoms with Crippen LogP contribution in [0.5, 0.6) is 5.75 Å². The van der Waals surface area contributed by atoms with Crippen LogP contribution in [0, 0.1) is 6.92 Å². The number of carbonyl (C=O) groups excluding carboxylic acids is 1. The normalized spacial score (nSPS) is 15.6. The number of rotatable bonds is 8. The van der Waals surface area contributed by atoms with E-state index >= 15 is 0 Å². The lowest BCUT2D eigenvalue weighted by molar-refractivity contribution is 0.0939. The topological polar surface area (TPSA) is 83.2 Å². The fourth-order valence-electron chi connectivity index (χ4n) is 3.96. The Hall–Kier alpha value is -3.32. The summed E-state index contributed by atoms with van der Waals surface area (Å²) in [6, 6.07) is 12.3. The fourth-order valence-corrected chi connectivity index (χ4v) is 3.96. The summed E-state index contributed by atoms with van der Waals surface area (Å²) in [5, 5.41) is 3.13. The van der Waals surface area contributed by atoms with Gasteiger partial charge in [-0.3, -0.25) is 9.79 Å². The Kier molecular flexibility index (Phi) is 7.76. The zero-order valence-corrected chi connectivity index (χ0v) is 20.4. The first-order chi connectivity index (χ1) is 15.8. The van der Waals surface area contributed by atoms with Crippen molar-refractivity contribution in [2.24, 2.45) is 10.7 Å². The van der Waals surface area contributed by atoms with E-state index in [-0.39, 0.29) is 11.9 Å². The van der Waals surface area contributed by atoms with E-state index in [1.165, 1.54) is 6.20 Å². The number of likely N-dealkylation sites (N-methyl/N-ethyl adjacent to an activating group) is 1. The summed E-state index contributed by atoms with van der Waals surface area (Å²) in [6.07, 6.45) is 3.20. The standard InChI is InChI=1S/C26H35N5O2/c1-17-7-9-21(31-15-22(16-31)30(4)5)12-24(17)26(32)29-18(2)19-8-10-23(25(11-19)33-6)20(13-27)14-28-3/h7-14,18,22H,15-16,27H2,1-6H3,(H,29,32)/t18-/m1/s1. The SMILES string of the molecule is CN=CC(=CN)c1ccc([C@@H](C)NC(=O)c2cc(N3CC(N(C)C)C3)ccc2C)cc1OC. The Morgan fingerprint density at radius 2 is 1.97 bits per heavy atom. The van der Waals surface area contributed by atoms with Crippen LogP contribution in [0.4, 0.5) is 5.69 Å². The van der Waals surface area contributed by atoms with Gasteiger partial charge in [-0.2, -0.15) is 0 Å². The van der Waals surface area contributed by atoms with Gasteiger partial charge in [0.05, 0.1) is 13.2 Å². The summed E-state index contributed by atoms with van der Waals surface area (Å²) in [7, 11) is 7.52. The predicted molar refractivity (Wildman–Crippen MR) is 136 cm³/mol. The van der Waals surface area contributed by atoms with Gasteiger partial charge in [-0.1, -0.05) is 18.2 Å². The number of ether oxygens (including phenoxy) is 1. The minimum Gasteiger partial charge on any atom is -0.496 e. The molecular weight excluding hydrogens is 414 g/mol. The summed E-state index contributed by atoms with van der Waals surface area (Å²) < 4.78 is 5.58. The molecule has 1 fully saturated rings. The Bertz CT molecular complexity index is 1050. The van der Waals surface area contributed by atoms with Crippen LogP contribution in [-0.4, -0.2) is 64.4 Å². The molecule has 0 spiro atoms. The van der Waals surface area contributed by atoms with Crippen LogP contribution in [0.2, 0.25) is 0 Å². The summed E-state index contributed by atoms with van der Waals surface area (Å²) in [6.45, 7) is 5.88. The highest BCUT2D eigenvalue weighted by Gasteiger charge is 2.29. The second-order valence-corrected chi connectivity index (χ2v) is 8.69. The van der Waals surface area contributed by atoms with E-state index in [0.29, 0.717) is 17.4 Å². The number of aryl methyl sites for hydroxylation is 1. The average Bonchev–Trinajstić information content (AvgIpc) is 2.76. The predicted octanol–water partition coefficient (Wildman–Crippen LogP) is 3.25. The largest absolute Gasteiger partial charge is 0.496 e. The maximum Gasteiger partial charge on any atom is 0.252 e. The van der Waals surface area contributed by atoms with E-state index in [1.54, 1.807) is 20.4 Å². The molecule has 0 unspecified atom stereocenters. The Morgan fingerprint density at radius 1 is 1.24 bits per heavy atom. The maximum absolute atomic E-state index is 13.2. The Labute approximate surface area is 196 Å². The number of nitrogens with zero attached hydrogens (tertiary/aromatic N) is 3. The second-order valence-electron chi connectivity index (χ2n) is 8.69. The van der Waals surface area contributed by atoms with Gasteiger partial charge in [0.15, 0.2) is 0 Å². The van der Waals surface area contributed by atoms with Gasteiger partial charge in [-0.05, 0) is 57.3 Å². The lowest BCUT2D eigenvalue weighted by atomic mass is 9.99. The number of carbonyl (C=O) groups is 1. The number of allylic oxidation sites excluding steroid dienone is 1. The highest BCUT2D eigenvalue weighted by Crippen LogP contribution is 2.29. The van der Waals surface area contributed by atoms with E-state index in [0.717, 1.165) is 41.0 Å². The molecule has 7 nitrogen and oxygen atoms in total. The summed E-state index contributed by atoms with van der Waals surface area (Å²) in [4.78, 5) is 21.7. The van der Waals surface area contributed by atoms with Crippen molar-refractivity contribution < 1.29 is 9.53 Å². The number of nitrogens with two attached hydrogens (primary N) is 1. The third-order valence-electron chi connectivity index (χ3n) is 6.26. The first-order valence-electron chi connectivity index (χ1n) is 11.1. The van der Waals surface area contributed by atoms with Gasteiger partial charge in [-0.25, -0.2) is 0 Å². The number of aliphatic imine (C=N–C) groups is 1. The smallest absolute Gasteiger partial charge is 0.252 e. The molecule has 0 saturated carbocycles. The van der Waals surface area contributed by atoms with Crippen molar-refractivity contribution in [1.29, 1.82) is 0 Å². The highest BCUT2D eigenvalue weighted by atomic mass is 16.5. The minimum atomic E-state index is -0.198. The maximum atomic E-state index is 13.2. The van der Waals surface area contributed by atoms with Gasteiger partial charge in [0.1, 0.15) is 5.75 Å². The summed E-state index contributed by atoms with van der Waals surface area (Å²) in [5.74, 6) is 0.590. The molecule has 1 atom stereocenters. The number of hydrogen-bond donors (Lipinski definition) is 2. The third kappa shape index (κ3) is 5.37. The summed E-state index contributed by atoms with van der Waals surface area (Å²) >= 11 is 0. The molecule has 1 aliphatic heterocycles. The van der Waals surface area contributed by atoms with Crippen molar-refractivity contribution in [1.82, 2.24) is 10.2 Å². The van der Waals surface area contributed by atoms with E-state index in [2.05, 4.69) is 40.3 Å². The molecule has 0 bridgehead atoms. The third-order valence-corrected chi connectivity index (χ3v) is 6.26. The molecule has 1 aliphatic rings. The molecule has 0 radical (unpaired) electrons. The number of methoxy groups -OCH3 is 1. The van der Waals surface area contributed by atoms with Gasteiger partial charge in [0.2, 0.25) is 0 Å². The molecule has 1 amide bonds. The van der Waals surface area contributed by atoms with E-state index in [1.807, 2.05) is 44.2 Å². The molecule has 2 aromatic rings. The molecule has 7 heteroatoms. The Morgan fingerprint density at radius 3 is 2.58 bits per heavy atom. The van der Waals surface area contributed by atoms with Crippen molar-refractivity contribution in [3.63, 3.8) is 0 Å². The number of benzene rings is 2. The van der Waals surface area contributed by atoms with Gasteiger partial charge in [-0.15, -0.1) is 0 Å². The van der Waals surface area contributed by atoms with E-state index in [4.69, 9.17) is 10.5 Å². The van der Waals surface area contributed by atoms with Gasteiger partial charge in [0, 0.05) is 61.0 Å². The van der Waals surface area contributed by atoms with Crippen LogP contribution in [0.15, 0.2) is 47.6 Å². The van der Waals surface area contributed by atoms with Crippen LogP contribution < -0.4 is 20.7 Å². The lowest BCUT2D eigenvalue weighted by Gasteiger charge is -2.44. The lowest BCUT2D eigenvalue weighted by Crippen LogP contribution is -2.57. The summed E-state index contributed by atoms with van der Waals surface area (Å²) in [5.41, 5.74) is 11.1. The van der Waals surface area contributed by atoms with E-state index < -0.39 is 0 Å². The van der Waals surface area contributed by atoms with Crippen LogP contribution in [0.3, 0.4) is 0 Å². The average molecular weight is 450 g/mol. The van der Waals surface area contributed by atoms with Crippen LogP contribution >= 0.6 is 0 Å². The quantitative estimate of drug-likeness (QED) is 0.605. The zero-order valence-electron chi connectivity index (χ0n) is 20.4. The van der Waals surface area contributed by atoms with Crippen LogP contribution in [0.25, 0.3) is 5.57 Å².